The molecule has 0 heterocycles. The summed E-state index contributed by atoms with van der Waals surface area (Å²) >= 11 is 0. The van der Waals surface area contributed by atoms with Crippen molar-refractivity contribution in [3.05, 3.63) is 22.8 Å². The zero-order valence-corrected chi connectivity index (χ0v) is 14.5. The highest BCUT2D eigenvalue weighted by atomic mass is 16.4. The fourth-order valence-electron chi connectivity index (χ4n) is 5.57. The summed E-state index contributed by atoms with van der Waals surface area (Å²) in [6.07, 6.45) is 9.97. The van der Waals surface area contributed by atoms with E-state index >= 15 is 0 Å². The molecule has 1 N–H and O–H groups in total. The Bertz CT molecular complexity index is 554. The lowest BCUT2D eigenvalue weighted by Gasteiger charge is -2.55. The van der Waals surface area contributed by atoms with E-state index in [2.05, 4.69) is 26.8 Å². The number of carbonyl (C=O) groups is 1. The Hall–Kier alpha value is -1.05. The number of hydrogen-bond acceptors (Lipinski definition) is 1. The summed E-state index contributed by atoms with van der Waals surface area (Å²) in [4.78, 5) is 11.9. The fraction of sp³-hybridized carbons (Fsp3) is 0.750. The Morgan fingerprint density at radius 1 is 1.23 bits per heavy atom. The number of carboxylic acid groups (broad SMARTS) is 1. The largest absolute Gasteiger partial charge is 0.481 e. The van der Waals surface area contributed by atoms with Gasteiger partial charge in [0, 0.05) is 0 Å². The van der Waals surface area contributed by atoms with Gasteiger partial charge < -0.3 is 5.11 Å². The molecular weight excluding hydrogens is 272 g/mol. The Kier molecular flexibility index (Phi) is 3.78. The van der Waals surface area contributed by atoms with Gasteiger partial charge in [-0.25, -0.2) is 0 Å². The highest BCUT2D eigenvalue weighted by Gasteiger charge is 2.55. The molecule has 0 aromatic heterocycles. The Balaban J connectivity index is 2.03. The number of aliphatic carboxylic acids is 1. The molecule has 2 nitrogen and oxygen atoms in total. The van der Waals surface area contributed by atoms with Crippen molar-refractivity contribution in [2.75, 3.05) is 0 Å². The Labute approximate surface area is 134 Å². The maximum atomic E-state index is 11.9. The lowest BCUT2D eigenvalue weighted by atomic mass is 9.48. The number of allylic oxidation sites excluding steroid dienone is 4. The molecule has 3 rings (SSSR count). The topological polar surface area (TPSA) is 37.3 Å². The van der Waals surface area contributed by atoms with Crippen LogP contribution in [0, 0.1) is 22.7 Å². The molecule has 0 amide bonds. The summed E-state index contributed by atoms with van der Waals surface area (Å²) in [5, 5.41) is 9.83. The first-order chi connectivity index (χ1) is 10.3. The minimum absolute atomic E-state index is 0.109. The molecule has 0 aliphatic heterocycles. The van der Waals surface area contributed by atoms with Gasteiger partial charge in [-0.1, -0.05) is 44.4 Å². The van der Waals surface area contributed by atoms with Crippen LogP contribution in [0.1, 0.15) is 72.6 Å². The van der Waals surface area contributed by atoms with Crippen LogP contribution in [0.25, 0.3) is 0 Å². The average Bonchev–Trinajstić information content (AvgIpc) is 2.46. The van der Waals surface area contributed by atoms with E-state index in [4.69, 9.17) is 0 Å². The molecule has 2 heteroatoms. The lowest BCUT2D eigenvalue weighted by molar-refractivity contribution is -0.159. The van der Waals surface area contributed by atoms with Crippen molar-refractivity contribution in [3.8, 4) is 0 Å². The summed E-state index contributed by atoms with van der Waals surface area (Å²) in [6, 6.07) is 0. The van der Waals surface area contributed by atoms with Gasteiger partial charge in [-0.05, 0) is 68.3 Å². The van der Waals surface area contributed by atoms with E-state index in [0.717, 1.165) is 32.1 Å². The molecule has 0 aromatic carbocycles. The molecule has 0 spiro atoms. The maximum absolute atomic E-state index is 11.9. The highest BCUT2D eigenvalue weighted by Crippen LogP contribution is 2.61. The van der Waals surface area contributed by atoms with Crippen molar-refractivity contribution in [2.45, 2.75) is 72.6 Å². The van der Waals surface area contributed by atoms with Gasteiger partial charge in [0.2, 0.25) is 0 Å². The van der Waals surface area contributed by atoms with E-state index < -0.39 is 11.4 Å². The minimum atomic E-state index is -0.582. The number of rotatable bonds is 2. The maximum Gasteiger partial charge on any atom is 0.309 e. The Morgan fingerprint density at radius 3 is 2.59 bits per heavy atom. The molecule has 0 unspecified atom stereocenters. The molecular formula is C20H30O2. The molecule has 1 saturated carbocycles. The molecule has 22 heavy (non-hydrogen) atoms. The van der Waals surface area contributed by atoms with E-state index in [1.807, 2.05) is 6.92 Å². The van der Waals surface area contributed by atoms with Gasteiger partial charge in [0.25, 0.3) is 0 Å². The second-order valence-electron chi connectivity index (χ2n) is 8.46. The molecule has 0 radical (unpaired) electrons. The van der Waals surface area contributed by atoms with Crippen molar-refractivity contribution in [3.63, 3.8) is 0 Å². The van der Waals surface area contributed by atoms with Crippen LogP contribution in [0.15, 0.2) is 22.8 Å². The van der Waals surface area contributed by atoms with Crippen LogP contribution in [-0.4, -0.2) is 11.1 Å². The molecule has 0 aromatic rings. The molecule has 0 bridgehead atoms. The molecule has 3 aliphatic carbocycles. The highest BCUT2D eigenvalue weighted by molar-refractivity contribution is 5.75. The predicted octanol–water partition coefficient (Wildman–Crippen LogP) is 5.35. The van der Waals surface area contributed by atoms with E-state index in [-0.39, 0.29) is 5.41 Å². The number of fused-ring (bicyclic) bond motifs is 2. The van der Waals surface area contributed by atoms with Crippen molar-refractivity contribution in [1.29, 1.82) is 0 Å². The zero-order chi connectivity index (χ0) is 16.1. The second kappa shape index (κ2) is 5.25. The molecule has 0 saturated heterocycles. The van der Waals surface area contributed by atoms with Crippen molar-refractivity contribution in [1.82, 2.24) is 0 Å². The number of carboxylic acids is 1. The predicted molar refractivity (Wildman–Crippen MR) is 89.6 cm³/mol. The van der Waals surface area contributed by atoms with Crippen molar-refractivity contribution in [2.24, 2.45) is 22.7 Å². The first kappa shape index (κ1) is 15.8. The monoisotopic (exact) mass is 302 g/mol. The van der Waals surface area contributed by atoms with Crippen LogP contribution in [0.2, 0.25) is 0 Å². The Morgan fingerprint density at radius 2 is 1.95 bits per heavy atom. The summed E-state index contributed by atoms with van der Waals surface area (Å²) in [5.41, 5.74) is 4.30. The smallest absolute Gasteiger partial charge is 0.309 e. The van der Waals surface area contributed by atoms with Crippen molar-refractivity contribution >= 4 is 5.97 Å². The third-order valence-corrected chi connectivity index (χ3v) is 6.96. The summed E-state index contributed by atoms with van der Waals surface area (Å²) < 4.78 is 0. The summed E-state index contributed by atoms with van der Waals surface area (Å²) in [6.45, 7) is 8.93. The first-order valence-corrected chi connectivity index (χ1v) is 8.95. The van der Waals surface area contributed by atoms with E-state index in [0.29, 0.717) is 11.8 Å². The van der Waals surface area contributed by atoms with Crippen LogP contribution < -0.4 is 0 Å². The SMILES string of the molecule is CC(C)C1=CC2=C(CC1)[C@@]1(C)CCC[C@](C)(C(=O)O)[C@H]1CC2. The first-order valence-electron chi connectivity index (χ1n) is 8.95. The van der Waals surface area contributed by atoms with Crippen LogP contribution in [-0.2, 0) is 4.79 Å². The van der Waals surface area contributed by atoms with Gasteiger partial charge in [-0.15, -0.1) is 0 Å². The quantitative estimate of drug-likeness (QED) is 0.746. The van der Waals surface area contributed by atoms with Gasteiger partial charge >= 0.3 is 5.97 Å². The normalized spacial score (nSPS) is 38.4. The standard InChI is InChI=1S/C20H30O2/c1-13(2)14-6-8-16-15(12-14)7-9-17-19(16,3)10-5-11-20(17,4)18(21)22/h12-13,17H,5-11H2,1-4H3,(H,21,22)/t17-,19+,20-/m0/s1. The van der Waals surface area contributed by atoms with Gasteiger partial charge in [0.05, 0.1) is 5.41 Å². The van der Waals surface area contributed by atoms with Crippen LogP contribution in [0.4, 0.5) is 0 Å². The molecule has 122 valence electrons. The second-order valence-corrected chi connectivity index (χ2v) is 8.46. The molecule has 3 aliphatic rings. The van der Waals surface area contributed by atoms with E-state index in [1.54, 1.807) is 16.7 Å². The third kappa shape index (κ3) is 2.18. The fourth-order valence-corrected chi connectivity index (χ4v) is 5.57. The van der Waals surface area contributed by atoms with Crippen LogP contribution in [0.3, 0.4) is 0 Å². The summed E-state index contributed by atoms with van der Waals surface area (Å²) in [5.74, 6) is 0.357. The number of hydrogen-bond donors (Lipinski definition) is 1. The van der Waals surface area contributed by atoms with Gasteiger partial charge in [-0.2, -0.15) is 0 Å². The lowest BCUT2D eigenvalue weighted by Crippen LogP contribution is -2.50. The van der Waals surface area contributed by atoms with E-state index in [9.17, 15) is 9.90 Å². The minimum Gasteiger partial charge on any atom is -0.481 e. The molecule has 1 fully saturated rings. The molecule has 3 atom stereocenters. The van der Waals surface area contributed by atoms with Crippen LogP contribution >= 0.6 is 0 Å². The third-order valence-electron chi connectivity index (χ3n) is 6.96. The van der Waals surface area contributed by atoms with Crippen LogP contribution in [0.5, 0.6) is 0 Å². The van der Waals surface area contributed by atoms with Gasteiger partial charge in [0.15, 0.2) is 0 Å². The van der Waals surface area contributed by atoms with Crippen molar-refractivity contribution < 1.29 is 9.90 Å². The van der Waals surface area contributed by atoms with Gasteiger partial charge in [0.1, 0.15) is 0 Å². The zero-order valence-electron chi connectivity index (χ0n) is 14.5. The van der Waals surface area contributed by atoms with Gasteiger partial charge in [-0.3, -0.25) is 4.79 Å². The average molecular weight is 302 g/mol. The van der Waals surface area contributed by atoms with E-state index in [1.165, 1.54) is 12.8 Å². The summed E-state index contributed by atoms with van der Waals surface area (Å²) in [7, 11) is 0.